The summed E-state index contributed by atoms with van der Waals surface area (Å²) in [5, 5.41) is 6.54. The number of halogens is 1. The van der Waals surface area contributed by atoms with Gasteiger partial charge in [-0.05, 0) is 61.4 Å². The highest BCUT2D eigenvalue weighted by atomic mass is 35.5. The number of amides is 2. The highest BCUT2D eigenvalue weighted by Crippen LogP contribution is 2.18. The van der Waals surface area contributed by atoms with Gasteiger partial charge >= 0.3 is 0 Å². The third-order valence-electron chi connectivity index (χ3n) is 4.70. The largest absolute Gasteiger partial charge is 0.349 e. The molecule has 136 valence electrons. The van der Waals surface area contributed by atoms with Crippen LogP contribution in [0.15, 0.2) is 48.5 Å². The zero-order valence-corrected chi connectivity index (χ0v) is 15.4. The second kappa shape index (κ2) is 8.86. The summed E-state index contributed by atoms with van der Waals surface area (Å²) in [6.07, 6.45) is 6.96. The van der Waals surface area contributed by atoms with Crippen LogP contribution < -0.4 is 10.6 Å². The van der Waals surface area contributed by atoms with Crippen LogP contribution in [0.3, 0.4) is 0 Å². The number of hydrogen-bond acceptors (Lipinski definition) is 2. The summed E-state index contributed by atoms with van der Waals surface area (Å²) in [4.78, 5) is 24.7. The first-order valence-corrected chi connectivity index (χ1v) is 9.47. The molecule has 1 aliphatic rings. The van der Waals surface area contributed by atoms with Crippen LogP contribution in [0.25, 0.3) is 0 Å². The number of carbonyl (C=O) groups is 2. The molecule has 2 N–H and O–H groups in total. The Morgan fingerprint density at radius 1 is 0.769 bits per heavy atom. The van der Waals surface area contributed by atoms with Crippen LogP contribution >= 0.6 is 11.6 Å². The lowest BCUT2D eigenvalue weighted by atomic mass is 10.1. The Morgan fingerprint density at radius 2 is 1.31 bits per heavy atom. The molecule has 0 spiro atoms. The molecule has 5 heteroatoms. The topological polar surface area (TPSA) is 58.2 Å². The molecule has 0 saturated heterocycles. The van der Waals surface area contributed by atoms with Crippen molar-refractivity contribution in [1.82, 2.24) is 5.32 Å². The van der Waals surface area contributed by atoms with E-state index in [-0.39, 0.29) is 17.9 Å². The molecule has 0 bridgehead atoms. The van der Waals surface area contributed by atoms with Gasteiger partial charge in [0.25, 0.3) is 11.8 Å². The Bertz CT molecular complexity index is 749. The standard InChI is InChI=1S/C21H23ClN2O2/c22-17-11-13-19(14-12-17)24-21(26)16-9-7-15(8-10-16)20(25)23-18-5-3-1-2-4-6-18/h7-14,18H,1-6H2,(H,23,25)(H,24,26). The van der Waals surface area contributed by atoms with E-state index in [1.165, 1.54) is 25.7 Å². The Kier molecular flexibility index (Phi) is 6.29. The smallest absolute Gasteiger partial charge is 0.255 e. The molecule has 0 unspecified atom stereocenters. The molecule has 0 atom stereocenters. The van der Waals surface area contributed by atoms with Crippen molar-refractivity contribution < 1.29 is 9.59 Å². The molecular weight excluding hydrogens is 348 g/mol. The minimum atomic E-state index is -0.219. The van der Waals surface area contributed by atoms with Gasteiger partial charge < -0.3 is 10.6 Å². The number of carbonyl (C=O) groups excluding carboxylic acids is 2. The Balaban J connectivity index is 1.59. The molecule has 3 rings (SSSR count). The summed E-state index contributed by atoms with van der Waals surface area (Å²) < 4.78 is 0. The molecule has 2 aromatic rings. The van der Waals surface area contributed by atoms with Crippen molar-refractivity contribution in [3.8, 4) is 0 Å². The van der Waals surface area contributed by atoms with Crippen LogP contribution in [-0.2, 0) is 0 Å². The number of hydrogen-bond donors (Lipinski definition) is 2. The zero-order chi connectivity index (χ0) is 18.4. The van der Waals surface area contributed by atoms with Crippen molar-refractivity contribution in [2.45, 2.75) is 44.6 Å². The summed E-state index contributed by atoms with van der Waals surface area (Å²) >= 11 is 5.84. The van der Waals surface area contributed by atoms with Gasteiger partial charge in [-0.15, -0.1) is 0 Å². The number of anilines is 1. The van der Waals surface area contributed by atoms with Crippen molar-refractivity contribution >= 4 is 29.1 Å². The van der Waals surface area contributed by atoms with Gasteiger partial charge in [-0.2, -0.15) is 0 Å². The minimum Gasteiger partial charge on any atom is -0.349 e. The average Bonchev–Trinajstić information content (AvgIpc) is 2.92. The Labute approximate surface area is 158 Å². The summed E-state index contributed by atoms with van der Waals surface area (Å²) in [6, 6.07) is 13.9. The average molecular weight is 371 g/mol. The van der Waals surface area contributed by atoms with E-state index >= 15 is 0 Å². The molecule has 2 aromatic carbocycles. The molecule has 0 aromatic heterocycles. The summed E-state index contributed by atoms with van der Waals surface area (Å²) in [5.41, 5.74) is 1.76. The number of nitrogens with one attached hydrogen (secondary N) is 2. The van der Waals surface area contributed by atoms with E-state index in [2.05, 4.69) is 10.6 Å². The predicted octanol–water partition coefficient (Wildman–Crippen LogP) is 5.04. The summed E-state index contributed by atoms with van der Waals surface area (Å²) in [6.45, 7) is 0. The Morgan fingerprint density at radius 3 is 1.88 bits per heavy atom. The second-order valence-corrected chi connectivity index (χ2v) is 7.14. The van der Waals surface area contributed by atoms with Crippen molar-refractivity contribution in [2.75, 3.05) is 5.32 Å². The van der Waals surface area contributed by atoms with Gasteiger partial charge in [-0.25, -0.2) is 0 Å². The molecule has 1 aliphatic carbocycles. The van der Waals surface area contributed by atoms with E-state index in [1.54, 1.807) is 48.5 Å². The quantitative estimate of drug-likeness (QED) is 0.740. The van der Waals surface area contributed by atoms with Crippen molar-refractivity contribution in [3.63, 3.8) is 0 Å². The lowest BCUT2D eigenvalue weighted by Crippen LogP contribution is -2.34. The third kappa shape index (κ3) is 5.09. The van der Waals surface area contributed by atoms with E-state index in [4.69, 9.17) is 11.6 Å². The van der Waals surface area contributed by atoms with Crippen LogP contribution in [0.2, 0.25) is 5.02 Å². The predicted molar refractivity (Wildman–Crippen MR) is 105 cm³/mol. The number of benzene rings is 2. The third-order valence-corrected chi connectivity index (χ3v) is 4.95. The van der Waals surface area contributed by atoms with E-state index in [0.29, 0.717) is 21.8 Å². The highest BCUT2D eigenvalue weighted by Gasteiger charge is 2.16. The van der Waals surface area contributed by atoms with E-state index in [0.717, 1.165) is 12.8 Å². The van der Waals surface area contributed by atoms with Gasteiger partial charge in [0.05, 0.1) is 0 Å². The normalized spacial score (nSPS) is 15.1. The molecular formula is C21H23ClN2O2. The van der Waals surface area contributed by atoms with Crippen molar-refractivity contribution in [1.29, 1.82) is 0 Å². The molecule has 1 fully saturated rings. The van der Waals surface area contributed by atoms with E-state index < -0.39 is 0 Å². The first-order valence-electron chi connectivity index (χ1n) is 9.10. The highest BCUT2D eigenvalue weighted by molar-refractivity contribution is 6.30. The van der Waals surface area contributed by atoms with E-state index in [1.807, 2.05) is 0 Å². The first-order chi connectivity index (χ1) is 12.6. The zero-order valence-electron chi connectivity index (χ0n) is 14.6. The molecule has 26 heavy (non-hydrogen) atoms. The Hall–Kier alpha value is -2.33. The van der Waals surface area contributed by atoms with Gasteiger partial charge in [0.1, 0.15) is 0 Å². The fraction of sp³-hybridized carbons (Fsp3) is 0.333. The van der Waals surface area contributed by atoms with Crippen LogP contribution in [-0.4, -0.2) is 17.9 Å². The van der Waals surface area contributed by atoms with Gasteiger partial charge in [0.15, 0.2) is 0 Å². The fourth-order valence-electron chi connectivity index (χ4n) is 3.20. The SMILES string of the molecule is O=C(Nc1ccc(Cl)cc1)c1ccc(C(=O)NC2CCCCCC2)cc1. The van der Waals surface area contributed by atoms with Crippen LogP contribution in [0.1, 0.15) is 59.2 Å². The number of rotatable bonds is 4. The maximum absolute atomic E-state index is 12.4. The monoisotopic (exact) mass is 370 g/mol. The van der Waals surface area contributed by atoms with Crippen molar-refractivity contribution in [3.05, 3.63) is 64.7 Å². The first kappa shape index (κ1) is 18.5. The van der Waals surface area contributed by atoms with Crippen LogP contribution in [0.4, 0.5) is 5.69 Å². The molecule has 0 radical (unpaired) electrons. The lowest BCUT2D eigenvalue weighted by molar-refractivity contribution is 0.0932. The second-order valence-electron chi connectivity index (χ2n) is 6.70. The minimum absolute atomic E-state index is 0.0680. The van der Waals surface area contributed by atoms with Gasteiger partial charge in [-0.3, -0.25) is 9.59 Å². The molecule has 1 saturated carbocycles. The molecule has 0 heterocycles. The molecule has 2 amide bonds. The van der Waals surface area contributed by atoms with Gasteiger partial charge in [-0.1, -0.05) is 37.3 Å². The van der Waals surface area contributed by atoms with Crippen LogP contribution in [0, 0.1) is 0 Å². The van der Waals surface area contributed by atoms with Crippen LogP contribution in [0.5, 0.6) is 0 Å². The van der Waals surface area contributed by atoms with Gasteiger partial charge in [0, 0.05) is 27.9 Å². The van der Waals surface area contributed by atoms with E-state index in [9.17, 15) is 9.59 Å². The summed E-state index contributed by atoms with van der Waals surface area (Å²) in [7, 11) is 0. The fourth-order valence-corrected chi connectivity index (χ4v) is 3.33. The maximum atomic E-state index is 12.4. The lowest BCUT2D eigenvalue weighted by Gasteiger charge is -2.16. The summed E-state index contributed by atoms with van der Waals surface area (Å²) in [5.74, 6) is -0.287. The molecule has 0 aliphatic heterocycles. The van der Waals surface area contributed by atoms with Crippen molar-refractivity contribution in [2.24, 2.45) is 0 Å². The molecule has 4 nitrogen and oxygen atoms in total. The maximum Gasteiger partial charge on any atom is 0.255 e. The van der Waals surface area contributed by atoms with Gasteiger partial charge in [0.2, 0.25) is 0 Å².